The maximum absolute atomic E-state index is 11.5. The van der Waals surface area contributed by atoms with Crippen LogP contribution in [-0.2, 0) is 24.0 Å². The molecular weight excluding hydrogens is 588 g/mol. The van der Waals surface area contributed by atoms with E-state index in [1.165, 1.54) is 70.6 Å². The zero-order valence-corrected chi connectivity index (χ0v) is 29.2. The van der Waals surface area contributed by atoms with Crippen molar-refractivity contribution in [2.24, 2.45) is 5.73 Å². The van der Waals surface area contributed by atoms with Crippen LogP contribution >= 0.6 is 0 Å². The van der Waals surface area contributed by atoms with Crippen LogP contribution in [0.1, 0.15) is 168 Å². The van der Waals surface area contributed by atoms with E-state index in [0.29, 0.717) is 38.8 Å². The number of rotatable bonds is 31. The van der Waals surface area contributed by atoms with Gasteiger partial charge >= 0.3 is 11.9 Å². The van der Waals surface area contributed by atoms with Crippen molar-refractivity contribution >= 4 is 29.7 Å². The summed E-state index contributed by atoms with van der Waals surface area (Å²) in [4.78, 5) is 54.5. The largest absolute Gasteiger partial charge is 0.481 e. The normalized spacial score (nSPS) is 11.2. The molecule has 0 aromatic rings. The molecule has 0 aromatic heterocycles. The van der Waals surface area contributed by atoms with Crippen molar-refractivity contribution in [3.8, 4) is 0 Å². The monoisotopic (exact) mass is 657 g/mol. The molecule has 0 saturated heterocycles. The van der Waals surface area contributed by atoms with Gasteiger partial charge in [-0.1, -0.05) is 110 Å². The van der Waals surface area contributed by atoms with E-state index in [1.807, 2.05) is 6.92 Å². The van der Waals surface area contributed by atoms with Crippen molar-refractivity contribution < 1.29 is 34.2 Å². The van der Waals surface area contributed by atoms with E-state index in [9.17, 15) is 24.0 Å². The lowest BCUT2D eigenvalue weighted by Crippen LogP contribution is -2.40. The second-order valence-corrected chi connectivity index (χ2v) is 12.2. The summed E-state index contributed by atoms with van der Waals surface area (Å²) in [5, 5.41) is 25.0. The summed E-state index contributed by atoms with van der Waals surface area (Å²) in [7, 11) is 0. The Morgan fingerprint density at radius 2 is 0.978 bits per heavy atom. The molecule has 1 unspecified atom stereocenters. The molecule has 0 aromatic carbocycles. The lowest BCUT2D eigenvalue weighted by atomic mass is 10.0. The SMILES string of the molecule is CCCCNC(=O)C(N)CCCCNC(=O)CC.O=C(O)CCCCCCCCCCCCCCCCCCC(=O)NCC(=O)O. The van der Waals surface area contributed by atoms with Crippen LogP contribution in [0.15, 0.2) is 0 Å². The molecule has 270 valence electrons. The maximum atomic E-state index is 11.5. The third kappa shape index (κ3) is 37.5. The predicted molar refractivity (Wildman–Crippen MR) is 184 cm³/mol. The van der Waals surface area contributed by atoms with E-state index in [1.54, 1.807) is 0 Å². The highest BCUT2D eigenvalue weighted by Gasteiger charge is 2.11. The fraction of sp³-hybridized carbons (Fsp3) is 0.857. The molecule has 0 heterocycles. The number of hydrogen-bond acceptors (Lipinski definition) is 6. The molecule has 7 N–H and O–H groups in total. The molecule has 0 fully saturated rings. The fourth-order valence-electron chi connectivity index (χ4n) is 4.79. The van der Waals surface area contributed by atoms with Crippen LogP contribution in [0, 0.1) is 0 Å². The van der Waals surface area contributed by atoms with Crippen LogP contribution in [0.5, 0.6) is 0 Å². The van der Waals surface area contributed by atoms with Gasteiger partial charge in [0.05, 0.1) is 6.04 Å². The standard InChI is InChI=1S/C22H41NO5.C13H27N3O2/c24-20(23-19-22(27)28)17-15-13-11-9-7-5-3-1-2-4-6-8-10-12-14-16-18-21(25)26;1-3-5-9-16-13(18)11(14)8-6-7-10-15-12(17)4-2/h1-19H2,(H,23,24)(H,25,26)(H,27,28);11H,3-10,14H2,1-2H3,(H,15,17)(H,16,18). The average Bonchev–Trinajstić information content (AvgIpc) is 3.02. The Hall–Kier alpha value is -2.69. The number of carbonyl (C=O) groups excluding carboxylic acids is 3. The van der Waals surface area contributed by atoms with Crippen molar-refractivity contribution in [2.45, 2.75) is 174 Å². The first-order valence-electron chi connectivity index (χ1n) is 18.1. The number of nitrogens with one attached hydrogen (secondary N) is 3. The van der Waals surface area contributed by atoms with Gasteiger partial charge < -0.3 is 31.9 Å². The quantitative estimate of drug-likeness (QED) is 0.0474. The molecule has 11 nitrogen and oxygen atoms in total. The molecule has 3 amide bonds. The molecule has 0 saturated carbocycles. The van der Waals surface area contributed by atoms with E-state index in [0.717, 1.165) is 57.8 Å². The average molecular weight is 657 g/mol. The van der Waals surface area contributed by atoms with Gasteiger partial charge in [0.1, 0.15) is 6.54 Å². The number of carboxylic acids is 2. The number of amides is 3. The second kappa shape index (κ2) is 35.2. The van der Waals surface area contributed by atoms with Crippen LogP contribution < -0.4 is 21.7 Å². The van der Waals surface area contributed by atoms with Gasteiger partial charge in [0.15, 0.2) is 0 Å². The Morgan fingerprint density at radius 3 is 1.41 bits per heavy atom. The second-order valence-electron chi connectivity index (χ2n) is 12.2. The number of carbonyl (C=O) groups is 5. The number of carboxylic acid groups (broad SMARTS) is 2. The van der Waals surface area contributed by atoms with Crippen LogP contribution in [0.4, 0.5) is 0 Å². The van der Waals surface area contributed by atoms with Crippen molar-refractivity contribution in [3.05, 3.63) is 0 Å². The highest BCUT2D eigenvalue weighted by Crippen LogP contribution is 2.14. The molecule has 46 heavy (non-hydrogen) atoms. The minimum atomic E-state index is -1.00. The number of hydrogen-bond donors (Lipinski definition) is 6. The van der Waals surface area contributed by atoms with E-state index < -0.39 is 18.0 Å². The highest BCUT2D eigenvalue weighted by molar-refractivity contribution is 5.81. The van der Waals surface area contributed by atoms with E-state index in [-0.39, 0.29) is 24.3 Å². The van der Waals surface area contributed by atoms with Gasteiger partial charge in [0, 0.05) is 32.4 Å². The summed E-state index contributed by atoms with van der Waals surface area (Å²) in [6.45, 7) is 4.99. The van der Waals surface area contributed by atoms with E-state index in [2.05, 4.69) is 22.9 Å². The first kappa shape index (κ1) is 45.4. The number of unbranched alkanes of at least 4 members (excludes halogenated alkanes) is 17. The molecule has 0 radical (unpaired) electrons. The molecule has 0 bridgehead atoms. The Morgan fingerprint density at radius 1 is 0.522 bits per heavy atom. The lowest BCUT2D eigenvalue weighted by molar-refractivity contribution is -0.138. The number of aliphatic carboxylic acids is 2. The molecule has 0 aliphatic carbocycles. The smallest absolute Gasteiger partial charge is 0.322 e. The van der Waals surface area contributed by atoms with Crippen molar-refractivity contribution in [1.82, 2.24) is 16.0 Å². The summed E-state index contributed by atoms with van der Waals surface area (Å²) in [5.41, 5.74) is 5.77. The zero-order chi connectivity index (χ0) is 34.7. The molecule has 11 heteroatoms. The first-order chi connectivity index (χ1) is 22.1. The van der Waals surface area contributed by atoms with Gasteiger partial charge in [-0.2, -0.15) is 0 Å². The molecule has 1 atom stereocenters. The summed E-state index contributed by atoms with van der Waals surface area (Å²) in [5.74, 6) is -1.85. The maximum Gasteiger partial charge on any atom is 0.322 e. The Labute approximate surface area is 279 Å². The summed E-state index contributed by atoms with van der Waals surface area (Å²) < 4.78 is 0. The van der Waals surface area contributed by atoms with Gasteiger partial charge in [-0.3, -0.25) is 24.0 Å². The third-order valence-electron chi connectivity index (χ3n) is 7.73. The van der Waals surface area contributed by atoms with Crippen LogP contribution in [0.2, 0.25) is 0 Å². The fourth-order valence-corrected chi connectivity index (χ4v) is 4.79. The van der Waals surface area contributed by atoms with Gasteiger partial charge in [-0.05, 0) is 38.5 Å². The first-order valence-corrected chi connectivity index (χ1v) is 18.1. The van der Waals surface area contributed by atoms with Gasteiger partial charge in [0.25, 0.3) is 0 Å². The highest BCUT2D eigenvalue weighted by atomic mass is 16.4. The molecule has 0 aliphatic rings. The molecule has 0 spiro atoms. The van der Waals surface area contributed by atoms with Crippen LogP contribution in [-0.4, -0.2) is 65.5 Å². The molecular formula is C35H68N4O7. The van der Waals surface area contributed by atoms with E-state index >= 15 is 0 Å². The Balaban J connectivity index is 0. The van der Waals surface area contributed by atoms with Gasteiger partial charge in [-0.25, -0.2) is 0 Å². The van der Waals surface area contributed by atoms with Gasteiger partial charge in [0.2, 0.25) is 17.7 Å². The Bertz CT molecular complexity index is 780. The van der Waals surface area contributed by atoms with Gasteiger partial charge in [-0.15, -0.1) is 0 Å². The van der Waals surface area contributed by atoms with Crippen molar-refractivity contribution in [1.29, 1.82) is 0 Å². The van der Waals surface area contributed by atoms with Crippen molar-refractivity contribution in [2.75, 3.05) is 19.6 Å². The minimum Gasteiger partial charge on any atom is -0.481 e. The molecule has 0 rings (SSSR count). The zero-order valence-electron chi connectivity index (χ0n) is 29.2. The summed E-state index contributed by atoms with van der Waals surface area (Å²) in [6, 6.07) is -0.427. The molecule has 0 aliphatic heterocycles. The van der Waals surface area contributed by atoms with Crippen LogP contribution in [0.3, 0.4) is 0 Å². The summed E-state index contributed by atoms with van der Waals surface area (Å²) in [6.07, 6.45) is 24.6. The topological polar surface area (TPSA) is 188 Å². The minimum absolute atomic E-state index is 0.0663. The predicted octanol–water partition coefficient (Wildman–Crippen LogP) is 6.22. The third-order valence-corrected chi connectivity index (χ3v) is 7.73. The Kier molecular flexibility index (Phi) is 34.7. The summed E-state index contributed by atoms with van der Waals surface area (Å²) >= 11 is 0. The van der Waals surface area contributed by atoms with Crippen LogP contribution in [0.25, 0.3) is 0 Å². The number of nitrogens with two attached hydrogens (primary N) is 1. The van der Waals surface area contributed by atoms with E-state index in [4.69, 9.17) is 15.9 Å². The van der Waals surface area contributed by atoms with Crippen molar-refractivity contribution in [3.63, 3.8) is 0 Å². The lowest BCUT2D eigenvalue weighted by Gasteiger charge is -2.12.